The van der Waals surface area contributed by atoms with E-state index in [9.17, 15) is 4.79 Å². The van der Waals surface area contributed by atoms with Crippen LogP contribution in [0, 0.1) is 0 Å². The van der Waals surface area contributed by atoms with Crippen LogP contribution in [0.5, 0.6) is 0 Å². The molecule has 0 aliphatic rings. The Morgan fingerprint density at radius 3 is 2.20 bits per heavy atom. The Hall–Kier alpha value is -2.23. The average Bonchev–Trinajstić information content (AvgIpc) is 2.48. The molecular weight excluding hydrogens is 250 g/mol. The van der Waals surface area contributed by atoms with E-state index in [1.165, 1.54) is 10.5 Å². The maximum atomic E-state index is 11.7. The van der Waals surface area contributed by atoms with Crippen LogP contribution < -0.4 is 0 Å². The minimum Gasteiger partial charge on any atom is -0.342 e. The van der Waals surface area contributed by atoms with Gasteiger partial charge in [0, 0.05) is 26.5 Å². The molecule has 4 heteroatoms. The first-order valence-corrected chi connectivity index (χ1v) is 6.73. The largest absolute Gasteiger partial charge is 0.342 e. The molecule has 1 amide bonds. The molecule has 0 atom stereocenters. The van der Waals surface area contributed by atoms with Gasteiger partial charge in [0.2, 0.25) is 5.82 Å². The number of aromatic nitrogens is 2. The number of hydrogen-bond donors (Lipinski definition) is 0. The molecule has 0 spiro atoms. The van der Waals surface area contributed by atoms with E-state index in [0.717, 1.165) is 24.8 Å². The highest BCUT2D eigenvalue weighted by Crippen LogP contribution is 2.07. The van der Waals surface area contributed by atoms with Crippen LogP contribution in [-0.4, -0.2) is 34.9 Å². The van der Waals surface area contributed by atoms with E-state index < -0.39 is 0 Å². The molecule has 2 rings (SSSR count). The van der Waals surface area contributed by atoms with E-state index >= 15 is 0 Å². The summed E-state index contributed by atoms with van der Waals surface area (Å²) in [6.07, 6.45) is 6.50. The summed E-state index contributed by atoms with van der Waals surface area (Å²) < 4.78 is 0. The van der Waals surface area contributed by atoms with Gasteiger partial charge in [-0.25, -0.2) is 9.97 Å². The minimum absolute atomic E-state index is 0.166. The Morgan fingerprint density at radius 2 is 1.60 bits per heavy atom. The van der Waals surface area contributed by atoms with Gasteiger partial charge in [-0.05, 0) is 30.4 Å². The van der Waals surface area contributed by atoms with E-state index in [-0.39, 0.29) is 11.7 Å². The van der Waals surface area contributed by atoms with Gasteiger partial charge < -0.3 is 4.90 Å². The second kappa shape index (κ2) is 6.80. The highest BCUT2D eigenvalue weighted by atomic mass is 16.2. The number of rotatable bonds is 5. The van der Waals surface area contributed by atoms with E-state index in [0.29, 0.717) is 0 Å². The number of carbonyl (C=O) groups is 1. The van der Waals surface area contributed by atoms with Crippen LogP contribution in [0.4, 0.5) is 0 Å². The summed E-state index contributed by atoms with van der Waals surface area (Å²) in [5, 5.41) is 0. The third kappa shape index (κ3) is 3.88. The predicted molar refractivity (Wildman–Crippen MR) is 78.5 cm³/mol. The number of nitrogens with zero attached hydrogens (tertiary/aromatic N) is 3. The minimum atomic E-state index is -0.166. The molecule has 1 aromatic carbocycles. The third-order valence-corrected chi connectivity index (χ3v) is 3.08. The van der Waals surface area contributed by atoms with Gasteiger partial charge >= 0.3 is 0 Å². The van der Waals surface area contributed by atoms with Crippen LogP contribution >= 0.6 is 0 Å². The highest BCUT2D eigenvalue weighted by molar-refractivity contribution is 5.89. The van der Waals surface area contributed by atoms with Crippen molar-refractivity contribution in [1.82, 2.24) is 14.9 Å². The van der Waals surface area contributed by atoms with Gasteiger partial charge in [0.1, 0.15) is 0 Å². The van der Waals surface area contributed by atoms with Crippen molar-refractivity contribution in [2.24, 2.45) is 0 Å². The van der Waals surface area contributed by atoms with E-state index in [2.05, 4.69) is 34.2 Å². The summed E-state index contributed by atoms with van der Waals surface area (Å²) in [5.41, 5.74) is 2.41. The van der Waals surface area contributed by atoms with E-state index in [1.807, 2.05) is 6.07 Å². The molecule has 0 N–H and O–H groups in total. The van der Waals surface area contributed by atoms with Crippen molar-refractivity contribution in [2.75, 3.05) is 14.1 Å². The Labute approximate surface area is 119 Å². The molecule has 1 heterocycles. The second-order valence-corrected chi connectivity index (χ2v) is 4.95. The smallest absolute Gasteiger partial charge is 0.291 e. The van der Waals surface area contributed by atoms with Crippen LogP contribution in [0.2, 0.25) is 0 Å². The second-order valence-electron chi connectivity index (χ2n) is 4.95. The van der Waals surface area contributed by atoms with Crippen LogP contribution in [-0.2, 0) is 12.8 Å². The van der Waals surface area contributed by atoms with Gasteiger partial charge in [-0.1, -0.05) is 30.3 Å². The Morgan fingerprint density at radius 1 is 1.00 bits per heavy atom. The summed E-state index contributed by atoms with van der Waals surface area (Å²) in [6.45, 7) is 0. The van der Waals surface area contributed by atoms with Crippen LogP contribution in [0.25, 0.3) is 0 Å². The number of aryl methyl sites for hydroxylation is 2. The molecule has 4 nitrogen and oxygen atoms in total. The molecule has 0 aliphatic carbocycles. The Balaban J connectivity index is 1.87. The topological polar surface area (TPSA) is 46.1 Å². The molecule has 0 fully saturated rings. The molecule has 1 aromatic heterocycles. The Bertz CT molecular complexity index is 550. The molecule has 0 aliphatic heterocycles. The number of hydrogen-bond acceptors (Lipinski definition) is 3. The first-order chi connectivity index (χ1) is 9.66. The fourth-order valence-corrected chi connectivity index (χ4v) is 1.94. The summed E-state index contributed by atoms with van der Waals surface area (Å²) in [5.74, 6) is 0.0858. The normalized spacial score (nSPS) is 10.3. The van der Waals surface area contributed by atoms with Crippen molar-refractivity contribution in [3.05, 3.63) is 59.7 Å². The van der Waals surface area contributed by atoms with Crippen molar-refractivity contribution in [3.63, 3.8) is 0 Å². The lowest BCUT2D eigenvalue weighted by atomic mass is 10.1. The maximum absolute atomic E-state index is 11.7. The highest BCUT2D eigenvalue weighted by Gasteiger charge is 2.10. The predicted octanol–water partition coefficient (Wildman–Crippen LogP) is 2.35. The summed E-state index contributed by atoms with van der Waals surface area (Å²) >= 11 is 0. The quantitative estimate of drug-likeness (QED) is 0.837. The van der Waals surface area contributed by atoms with Crippen molar-refractivity contribution < 1.29 is 4.79 Å². The standard InChI is InChI=1S/C16H19N3O/c1-19(2)16(20)15-17-11-14(12-18-15)10-6-9-13-7-4-3-5-8-13/h3-5,7-8,11-12H,6,9-10H2,1-2H3. The first kappa shape index (κ1) is 14.2. The summed E-state index contributed by atoms with van der Waals surface area (Å²) in [4.78, 5) is 21.4. The molecule has 104 valence electrons. The Kier molecular flexibility index (Phi) is 4.82. The van der Waals surface area contributed by atoms with Gasteiger partial charge in [-0.15, -0.1) is 0 Å². The van der Waals surface area contributed by atoms with Crippen molar-refractivity contribution >= 4 is 5.91 Å². The third-order valence-electron chi connectivity index (χ3n) is 3.08. The monoisotopic (exact) mass is 269 g/mol. The average molecular weight is 269 g/mol. The van der Waals surface area contributed by atoms with Crippen molar-refractivity contribution in [2.45, 2.75) is 19.3 Å². The van der Waals surface area contributed by atoms with Crippen molar-refractivity contribution in [3.8, 4) is 0 Å². The molecule has 0 radical (unpaired) electrons. The molecule has 0 bridgehead atoms. The van der Waals surface area contributed by atoms with Gasteiger partial charge in [0.25, 0.3) is 5.91 Å². The van der Waals surface area contributed by atoms with E-state index in [1.54, 1.807) is 26.5 Å². The van der Waals surface area contributed by atoms with Gasteiger partial charge in [0.15, 0.2) is 0 Å². The van der Waals surface area contributed by atoms with Crippen molar-refractivity contribution in [1.29, 1.82) is 0 Å². The molecule has 0 unspecified atom stereocenters. The van der Waals surface area contributed by atoms with Gasteiger partial charge in [-0.2, -0.15) is 0 Å². The molecule has 0 saturated carbocycles. The maximum Gasteiger partial charge on any atom is 0.291 e. The molecule has 0 saturated heterocycles. The SMILES string of the molecule is CN(C)C(=O)c1ncc(CCCc2ccccc2)cn1. The lowest BCUT2D eigenvalue weighted by Crippen LogP contribution is -2.23. The molecular formula is C16H19N3O. The lowest BCUT2D eigenvalue weighted by Gasteiger charge is -2.08. The van der Waals surface area contributed by atoms with Crippen LogP contribution in [0.15, 0.2) is 42.7 Å². The molecule has 20 heavy (non-hydrogen) atoms. The lowest BCUT2D eigenvalue weighted by molar-refractivity contribution is 0.0815. The van der Waals surface area contributed by atoms with Gasteiger partial charge in [0.05, 0.1) is 0 Å². The van der Waals surface area contributed by atoms with Gasteiger partial charge in [-0.3, -0.25) is 4.79 Å². The summed E-state index contributed by atoms with van der Waals surface area (Å²) in [6, 6.07) is 10.4. The van der Waals surface area contributed by atoms with E-state index in [4.69, 9.17) is 0 Å². The zero-order valence-electron chi connectivity index (χ0n) is 11.9. The first-order valence-electron chi connectivity index (χ1n) is 6.73. The zero-order chi connectivity index (χ0) is 14.4. The summed E-state index contributed by atoms with van der Waals surface area (Å²) in [7, 11) is 3.39. The fraction of sp³-hybridized carbons (Fsp3) is 0.312. The zero-order valence-corrected chi connectivity index (χ0v) is 11.9. The van der Waals surface area contributed by atoms with Crippen LogP contribution in [0.3, 0.4) is 0 Å². The number of carbonyl (C=O) groups excluding carboxylic acids is 1. The fourth-order valence-electron chi connectivity index (χ4n) is 1.94. The number of amides is 1. The molecule has 2 aromatic rings. The van der Waals surface area contributed by atoms with Crippen LogP contribution in [0.1, 0.15) is 28.2 Å². The number of benzene rings is 1.